The molecule has 0 heterocycles. The van der Waals surface area contributed by atoms with E-state index < -0.39 is 97.5 Å². The molecule has 0 rings (SSSR count). The molecule has 19 heteroatoms. The molecular formula is C79H154O17P2. The van der Waals surface area contributed by atoms with Gasteiger partial charge in [-0.1, -0.05) is 363 Å². The third-order valence-corrected chi connectivity index (χ3v) is 21.1. The summed E-state index contributed by atoms with van der Waals surface area (Å²) in [5, 5.41) is 10.6. The molecule has 0 spiro atoms. The van der Waals surface area contributed by atoms with Crippen LogP contribution in [0.2, 0.25) is 0 Å². The van der Waals surface area contributed by atoms with Gasteiger partial charge in [0, 0.05) is 25.7 Å². The van der Waals surface area contributed by atoms with Gasteiger partial charge in [-0.2, -0.15) is 0 Å². The summed E-state index contributed by atoms with van der Waals surface area (Å²) < 4.78 is 68.4. The number of hydrogen-bond donors (Lipinski definition) is 3. The monoisotopic (exact) mass is 1440 g/mol. The first-order valence-corrected chi connectivity index (χ1v) is 44.1. The maximum Gasteiger partial charge on any atom is 0.472 e. The summed E-state index contributed by atoms with van der Waals surface area (Å²) in [4.78, 5) is 72.6. The third kappa shape index (κ3) is 69.8. The van der Waals surface area contributed by atoms with Gasteiger partial charge in [-0.05, 0) is 37.5 Å². The van der Waals surface area contributed by atoms with Gasteiger partial charge in [-0.3, -0.25) is 37.3 Å². The van der Waals surface area contributed by atoms with Crippen LogP contribution in [0.3, 0.4) is 0 Å². The molecule has 4 unspecified atom stereocenters. The Kier molecular flexibility index (Phi) is 69.3. The minimum atomic E-state index is -4.96. The summed E-state index contributed by atoms with van der Waals surface area (Å²) in [5.74, 6) is -0.485. The molecule has 98 heavy (non-hydrogen) atoms. The lowest BCUT2D eigenvalue weighted by atomic mass is 9.99. The van der Waals surface area contributed by atoms with E-state index in [9.17, 15) is 43.2 Å². The van der Waals surface area contributed by atoms with Crippen LogP contribution < -0.4 is 0 Å². The zero-order valence-electron chi connectivity index (χ0n) is 64.1. The van der Waals surface area contributed by atoms with Gasteiger partial charge in [-0.15, -0.1) is 0 Å². The van der Waals surface area contributed by atoms with Crippen molar-refractivity contribution in [2.45, 2.75) is 432 Å². The quantitative estimate of drug-likeness (QED) is 0.0222. The second-order valence-electron chi connectivity index (χ2n) is 28.9. The summed E-state index contributed by atoms with van der Waals surface area (Å²) in [6.45, 7) is 9.58. The number of phosphoric ester groups is 2. The topological polar surface area (TPSA) is 237 Å². The van der Waals surface area contributed by atoms with Crippen LogP contribution in [-0.2, 0) is 65.4 Å². The minimum Gasteiger partial charge on any atom is -0.462 e. The Morgan fingerprint density at radius 3 is 0.724 bits per heavy atom. The number of carbonyl (C=O) groups is 4. The number of hydrogen-bond acceptors (Lipinski definition) is 15. The van der Waals surface area contributed by atoms with E-state index in [0.717, 1.165) is 108 Å². The molecule has 0 amide bonds. The number of unbranched alkanes of at least 4 members (excludes halogenated alkanes) is 46. The average molecular weight is 1440 g/mol. The Bertz CT molecular complexity index is 1890. The summed E-state index contributed by atoms with van der Waals surface area (Å²) in [5.41, 5.74) is 0. The number of phosphoric acid groups is 2. The van der Waals surface area contributed by atoms with Crippen molar-refractivity contribution >= 4 is 39.5 Å². The van der Waals surface area contributed by atoms with E-state index in [1.165, 1.54) is 225 Å². The third-order valence-electron chi connectivity index (χ3n) is 19.2. The zero-order valence-corrected chi connectivity index (χ0v) is 65.9. The molecule has 0 saturated heterocycles. The summed E-state index contributed by atoms with van der Waals surface area (Å²) in [6.07, 6.45) is 60.2. The van der Waals surface area contributed by atoms with Crippen LogP contribution in [0.4, 0.5) is 0 Å². The van der Waals surface area contributed by atoms with Gasteiger partial charge in [0.05, 0.1) is 26.4 Å². The highest BCUT2D eigenvalue weighted by atomic mass is 31.2. The Labute approximate surface area is 600 Å². The normalized spacial score (nSPS) is 14.5. The number of carbonyl (C=O) groups excluding carboxylic acids is 4. The van der Waals surface area contributed by atoms with Crippen LogP contribution in [0.5, 0.6) is 0 Å². The first-order valence-electron chi connectivity index (χ1n) is 41.1. The van der Waals surface area contributed by atoms with Crippen LogP contribution in [0, 0.1) is 11.8 Å². The van der Waals surface area contributed by atoms with Crippen LogP contribution in [0.25, 0.3) is 0 Å². The molecule has 7 atom stereocenters. The molecule has 0 aliphatic rings. The lowest BCUT2D eigenvalue weighted by Crippen LogP contribution is -2.30. The van der Waals surface area contributed by atoms with E-state index >= 15 is 0 Å². The molecule has 17 nitrogen and oxygen atoms in total. The number of ether oxygens (including phenoxy) is 4. The molecule has 0 saturated carbocycles. The Hall–Kier alpha value is -1.94. The van der Waals surface area contributed by atoms with Crippen LogP contribution in [0.1, 0.15) is 414 Å². The van der Waals surface area contributed by atoms with Crippen LogP contribution in [0.15, 0.2) is 0 Å². The largest absolute Gasteiger partial charge is 0.472 e. The van der Waals surface area contributed by atoms with Crippen LogP contribution in [-0.4, -0.2) is 96.7 Å². The van der Waals surface area contributed by atoms with E-state index in [1.807, 2.05) is 0 Å². The molecule has 0 bridgehead atoms. The van der Waals surface area contributed by atoms with Gasteiger partial charge in [0.25, 0.3) is 0 Å². The highest BCUT2D eigenvalue weighted by molar-refractivity contribution is 7.47. The van der Waals surface area contributed by atoms with E-state index in [1.54, 1.807) is 0 Å². The number of esters is 4. The van der Waals surface area contributed by atoms with Crippen molar-refractivity contribution in [2.75, 3.05) is 39.6 Å². The fraction of sp³-hybridized carbons (Fsp3) is 0.949. The van der Waals surface area contributed by atoms with Crippen molar-refractivity contribution < 1.29 is 80.2 Å². The van der Waals surface area contributed by atoms with Gasteiger partial charge in [0.15, 0.2) is 12.2 Å². The van der Waals surface area contributed by atoms with E-state index in [2.05, 4.69) is 41.5 Å². The highest BCUT2D eigenvalue weighted by Gasteiger charge is 2.30. The molecule has 0 radical (unpaired) electrons. The standard InChI is InChI=1S/C79H154O17P2/c1-7-11-13-15-16-17-18-19-20-21-22-26-29-32-35-38-44-50-56-62-77(82)90-68-75(96-78(83)63-57-51-45-39-36-33-30-27-24-23-25-28-31-34-37-42-48-53-59-71(5)9-3)70-94-98(87,88)92-66-73(80)65-91-97(85,86)93-69-74(67-89-76(81)61-55-47-14-12-8-2)95-79(84)64-58-52-46-41-40-43-49-54-60-72(6)10-4/h71-75,80H,7-70H2,1-6H3,(H,85,86)(H,87,88)/t71?,72?,73-,74+,75+/m0/s1. The SMILES string of the molecule is CCCCCCCCCCCCCCCCCCCCCC(=O)OC[C@H](COP(=O)(O)OC[C@@H](O)COP(=O)(O)OC[C@@H](COC(=O)CCCCCCC)OC(=O)CCCCCCCCCCC(C)CC)OC(=O)CCCCCCCCCCCCCCCCCCCCC(C)CC. The predicted molar refractivity (Wildman–Crippen MR) is 400 cm³/mol. The molecule has 0 aliphatic heterocycles. The summed E-state index contributed by atoms with van der Waals surface area (Å²) >= 11 is 0. The Balaban J connectivity index is 5.11. The van der Waals surface area contributed by atoms with Gasteiger partial charge in [-0.25, -0.2) is 9.13 Å². The molecule has 0 fully saturated rings. The van der Waals surface area contributed by atoms with Gasteiger partial charge >= 0.3 is 39.5 Å². The van der Waals surface area contributed by atoms with Gasteiger partial charge in [0.1, 0.15) is 19.3 Å². The molecule has 0 aromatic carbocycles. The maximum absolute atomic E-state index is 13.1. The summed E-state index contributed by atoms with van der Waals surface area (Å²) in [7, 11) is -9.90. The number of rotatable bonds is 78. The predicted octanol–water partition coefficient (Wildman–Crippen LogP) is 23.5. The number of aliphatic hydroxyl groups excluding tert-OH is 1. The van der Waals surface area contributed by atoms with Gasteiger partial charge < -0.3 is 33.8 Å². The lowest BCUT2D eigenvalue weighted by Gasteiger charge is -2.21. The second kappa shape index (κ2) is 70.7. The molecule has 582 valence electrons. The summed E-state index contributed by atoms with van der Waals surface area (Å²) in [6, 6.07) is 0. The van der Waals surface area contributed by atoms with Crippen molar-refractivity contribution in [3.8, 4) is 0 Å². The molecular weight excluding hydrogens is 1280 g/mol. The van der Waals surface area contributed by atoms with Crippen molar-refractivity contribution in [2.24, 2.45) is 11.8 Å². The van der Waals surface area contributed by atoms with E-state index in [0.29, 0.717) is 25.7 Å². The van der Waals surface area contributed by atoms with E-state index in [4.69, 9.17) is 37.0 Å². The molecule has 3 N–H and O–H groups in total. The second-order valence-corrected chi connectivity index (χ2v) is 31.8. The smallest absolute Gasteiger partial charge is 0.462 e. The minimum absolute atomic E-state index is 0.104. The highest BCUT2D eigenvalue weighted by Crippen LogP contribution is 2.45. The first kappa shape index (κ1) is 96.1. The molecule has 0 aromatic rings. The fourth-order valence-corrected chi connectivity index (χ4v) is 13.7. The molecule has 0 aliphatic carbocycles. The lowest BCUT2D eigenvalue weighted by molar-refractivity contribution is -0.161. The average Bonchev–Trinajstić information content (AvgIpc) is 1.01. The maximum atomic E-state index is 13.1. The van der Waals surface area contributed by atoms with Crippen molar-refractivity contribution in [1.82, 2.24) is 0 Å². The van der Waals surface area contributed by atoms with Crippen molar-refractivity contribution in [1.29, 1.82) is 0 Å². The van der Waals surface area contributed by atoms with Crippen LogP contribution >= 0.6 is 15.6 Å². The fourth-order valence-electron chi connectivity index (χ4n) is 12.1. The zero-order chi connectivity index (χ0) is 72.1. The Morgan fingerprint density at radius 1 is 0.286 bits per heavy atom. The van der Waals surface area contributed by atoms with Crippen molar-refractivity contribution in [3.63, 3.8) is 0 Å². The van der Waals surface area contributed by atoms with E-state index in [-0.39, 0.29) is 25.7 Å². The van der Waals surface area contributed by atoms with Gasteiger partial charge in [0.2, 0.25) is 0 Å². The van der Waals surface area contributed by atoms with Crippen molar-refractivity contribution in [3.05, 3.63) is 0 Å². The number of aliphatic hydroxyl groups is 1. The Morgan fingerprint density at radius 2 is 0.490 bits per heavy atom. The first-order chi connectivity index (χ1) is 47.4. The molecule has 0 aromatic heterocycles.